The molecule has 0 N–H and O–H groups in total. The molecule has 0 aromatic carbocycles. The molecular weight excluding hydrogens is 336 g/mol. The Bertz CT molecular complexity index is 280. The fraction of sp³-hybridized carbons (Fsp3) is 0.857. The fourth-order valence-corrected chi connectivity index (χ4v) is 3.79. The van der Waals surface area contributed by atoms with E-state index in [4.69, 9.17) is 0 Å². The summed E-state index contributed by atoms with van der Waals surface area (Å²) < 4.78 is 0. The summed E-state index contributed by atoms with van der Waals surface area (Å²) in [5.41, 5.74) is 0. The van der Waals surface area contributed by atoms with Gasteiger partial charge in [-0.1, -0.05) is 128 Å². The van der Waals surface area contributed by atoms with Gasteiger partial charge in [0.15, 0.2) is 0 Å². The molecule has 28 heavy (non-hydrogen) atoms. The predicted octanol–water partition coefficient (Wildman–Crippen LogP) is 10.7. The molecule has 0 nitrogen and oxygen atoms in total. The molecule has 0 radical (unpaired) electrons. The van der Waals surface area contributed by atoms with Crippen molar-refractivity contribution in [3.63, 3.8) is 0 Å². The first-order valence-electron chi connectivity index (χ1n) is 13.2. The molecule has 0 heteroatoms. The molecule has 0 atom stereocenters. The van der Waals surface area contributed by atoms with Crippen LogP contribution in [0.15, 0.2) is 24.3 Å². The molecule has 0 spiro atoms. The average Bonchev–Trinajstić information content (AvgIpc) is 2.71. The van der Waals surface area contributed by atoms with Gasteiger partial charge in [0.2, 0.25) is 0 Å². The van der Waals surface area contributed by atoms with E-state index < -0.39 is 0 Å². The highest BCUT2D eigenvalue weighted by Gasteiger charge is 1.93. The molecule has 0 aliphatic rings. The summed E-state index contributed by atoms with van der Waals surface area (Å²) in [5.74, 6) is 0. The van der Waals surface area contributed by atoms with Crippen molar-refractivity contribution in [3.05, 3.63) is 24.3 Å². The zero-order chi connectivity index (χ0) is 20.4. The Kier molecular flexibility index (Phi) is 26.0. The molecule has 0 saturated heterocycles. The minimum atomic E-state index is 1.30. The maximum atomic E-state index is 2.42. The largest absolute Gasteiger partial charge is 0.0885 e. The molecule has 0 bridgehead atoms. The summed E-state index contributed by atoms with van der Waals surface area (Å²) in [4.78, 5) is 0. The zero-order valence-corrected chi connectivity index (χ0v) is 19.9. The van der Waals surface area contributed by atoms with Crippen LogP contribution in [0.1, 0.15) is 155 Å². The lowest BCUT2D eigenvalue weighted by Crippen LogP contribution is -1.83. The maximum Gasteiger partial charge on any atom is -0.0351 e. The van der Waals surface area contributed by atoms with Crippen molar-refractivity contribution < 1.29 is 0 Å². The molecule has 0 amide bonds. The van der Waals surface area contributed by atoms with E-state index in [1.165, 1.54) is 141 Å². The van der Waals surface area contributed by atoms with Gasteiger partial charge in [-0.3, -0.25) is 0 Å². The summed E-state index contributed by atoms with van der Waals surface area (Å²) in [7, 11) is 0. The number of unbranched alkanes of at least 4 members (excludes halogenated alkanes) is 19. The van der Waals surface area contributed by atoms with E-state index in [1.54, 1.807) is 0 Å². The number of hydrogen-bond acceptors (Lipinski definition) is 0. The van der Waals surface area contributed by atoms with Gasteiger partial charge in [-0.15, -0.1) is 0 Å². The molecule has 0 fully saturated rings. The van der Waals surface area contributed by atoms with Crippen LogP contribution in [0.5, 0.6) is 0 Å². The van der Waals surface area contributed by atoms with Crippen LogP contribution in [-0.4, -0.2) is 0 Å². The van der Waals surface area contributed by atoms with Gasteiger partial charge in [0.05, 0.1) is 0 Å². The number of hydrogen-bond donors (Lipinski definition) is 0. The second kappa shape index (κ2) is 26.5. The summed E-state index contributed by atoms with van der Waals surface area (Å²) in [5, 5.41) is 0. The highest BCUT2D eigenvalue weighted by molar-refractivity contribution is 4.81. The summed E-state index contributed by atoms with van der Waals surface area (Å²) in [6.07, 6.45) is 40.4. The van der Waals surface area contributed by atoms with Gasteiger partial charge < -0.3 is 0 Å². The third kappa shape index (κ3) is 25.5. The van der Waals surface area contributed by atoms with Crippen LogP contribution in [-0.2, 0) is 0 Å². The van der Waals surface area contributed by atoms with Gasteiger partial charge in [-0.25, -0.2) is 0 Å². The molecule has 0 rings (SSSR count). The van der Waals surface area contributed by atoms with E-state index in [0.717, 1.165) is 0 Å². The minimum Gasteiger partial charge on any atom is -0.0885 e. The Morgan fingerprint density at radius 2 is 0.500 bits per heavy atom. The van der Waals surface area contributed by atoms with E-state index in [0.29, 0.717) is 0 Å². The number of rotatable bonds is 23. The van der Waals surface area contributed by atoms with E-state index in [-0.39, 0.29) is 0 Å². The van der Waals surface area contributed by atoms with Crippen LogP contribution in [0.3, 0.4) is 0 Å². The van der Waals surface area contributed by atoms with E-state index in [1.807, 2.05) is 0 Å². The van der Waals surface area contributed by atoms with Crippen LogP contribution < -0.4 is 0 Å². The van der Waals surface area contributed by atoms with Gasteiger partial charge in [0.1, 0.15) is 0 Å². The second-order valence-electron chi connectivity index (χ2n) is 8.75. The summed E-state index contributed by atoms with van der Waals surface area (Å²) in [6.45, 7) is 4.56. The lowest BCUT2D eigenvalue weighted by atomic mass is 10.0. The zero-order valence-electron chi connectivity index (χ0n) is 19.9. The minimum absolute atomic E-state index is 1.30. The molecule has 0 aromatic rings. The SMILES string of the molecule is CCCCCC=CCCCCCCCCCCCCCC/C=C\CCCCC. The van der Waals surface area contributed by atoms with E-state index in [2.05, 4.69) is 38.2 Å². The maximum absolute atomic E-state index is 2.42. The van der Waals surface area contributed by atoms with Crippen LogP contribution in [0.4, 0.5) is 0 Å². The molecule has 0 heterocycles. The third-order valence-electron chi connectivity index (χ3n) is 5.77. The first-order valence-corrected chi connectivity index (χ1v) is 13.2. The van der Waals surface area contributed by atoms with Gasteiger partial charge in [0.25, 0.3) is 0 Å². The first-order chi connectivity index (χ1) is 13.9. The lowest BCUT2D eigenvalue weighted by Gasteiger charge is -2.02. The molecular formula is C28H54. The normalized spacial score (nSPS) is 11.9. The molecule has 0 aliphatic heterocycles. The topological polar surface area (TPSA) is 0 Å². The fourth-order valence-electron chi connectivity index (χ4n) is 3.79. The summed E-state index contributed by atoms with van der Waals surface area (Å²) in [6, 6.07) is 0. The van der Waals surface area contributed by atoms with Crippen molar-refractivity contribution in [2.45, 2.75) is 155 Å². The smallest absolute Gasteiger partial charge is 0.0351 e. The highest BCUT2D eigenvalue weighted by Crippen LogP contribution is 2.13. The third-order valence-corrected chi connectivity index (χ3v) is 5.77. The van der Waals surface area contributed by atoms with Crippen LogP contribution in [0, 0.1) is 0 Å². The quantitative estimate of drug-likeness (QED) is 0.120. The van der Waals surface area contributed by atoms with Crippen molar-refractivity contribution in [1.82, 2.24) is 0 Å². The van der Waals surface area contributed by atoms with Gasteiger partial charge in [-0.2, -0.15) is 0 Å². The molecule has 0 unspecified atom stereocenters. The Morgan fingerprint density at radius 1 is 0.286 bits per heavy atom. The van der Waals surface area contributed by atoms with Crippen molar-refractivity contribution in [1.29, 1.82) is 0 Å². The Morgan fingerprint density at radius 3 is 0.750 bits per heavy atom. The summed E-state index contributed by atoms with van der Waals surface area (Å²) >= 11 is 0. The van der Waals surface area contributed by atoms with Crippen molar-refractivity contribution in [3.8, 4) is 0 Å². The Balaban J connectivity index is 3.06. The Labute approximate surface area is 179 Å². The second-order valence-corrected chi connectivity index (χ2v) is 8.75. The molecule has 0 aromatic heterocycles. The van der Waals surface area contributed by atoms with Gasteiger partial charge >= 0.3 is 0 Å². The standard InChI is InChI=1S/C28H54/c1-3-5-7-9-11-13-15-17-19-21-23-25-27-28-26-24-22-20-18-16-14-12-10-8-6-4-2/h11-14H,3-10,15-28H2,1-2H3/b13-11-,14-12?. The van der Waals surface area contributed by atoms with Crippen molar-refractivity contribution in [2.75, 3.05) is 0 Å². The van der Waals surface area contributed by atoms with Crippen LogP contribution in [0.2, 0.25) is 0 Å². The highest BCUT2D eigenvalue weighted by atomic mass is 14.0. The van der Waals surface area contributed by atoms with Gasteiger partial charge in [-0.05, 0) is 51.4 Å². The van der Waals surface area contributed by atoms with Crippen molar-refractivity contribution >= 4 is 0 Å². The van der Waals surface area contributed by atoms with E-state index >= 15 is 0 Å². The number of allylic oxidation sites excluding steroid dienone is 4. The van der Waals surface area contributed by atoms with Crippen LogP contribution in [0.25, 0.3) is 0 Å². The lowest BCUT2D eigenvalue weighted by molar-refractivity contribution is 0.542. The first kappa shape index (κ1) is 27.5. The van der Waals surface area contributed by atoms with Crippen LogP contribution >= 0.6 is 0 Å². The Hall–Kier alpha value is -0.520. The molecule has 0 aliphatic carbocycles. The predicted molar refractivity (Wildman–Crippen MR) is 131 cm³/mol. The molecule has 0 saturated carbocycles. The van der Waals surface area contributed by atoms with Crippen molar-refractivity contribution in [2.24, 2.45) is 0 Å². The monoisotopic (exact) mass is 390 g/mol. The average molecular weight is 391 g/mol. The van der Waals surface area contributed by atoms with Gasteiger partial charge in [0, 0.05) is 0 Å². The van der Waals surface area contributed by atoms with E-state index in [9.17, 15) is 0 Å². The molecule has 166 valence electrons.